The van der Waals surface area contributed by atoms with E-state index in [4.69, 9.17) is 19.6 Å². The van der Waals surface area contributed by atoms with Crippen LogP contribution in [0.3, 0.4) is 0 Å². The van der Waals surface area contributed by atoms with Gasteiger partial charge in [0.1, 0.15) is 11.9 Å². The summed E-state index contributed by atoms with van der Waals surface area (Å²) in [5.74, 6) is 0.327. The van der Waals surface area contributed by atoms with Gasteiger partial charge in [-0.2, -0.15) is 0 Å². The number of fused-ring (bicyclic) bond motifs is 1. The van der Waals surface area contributed by atoms with Gasteiger partial charge in [0.25, 0.3) is 11.8 Å². The Morgan fingerprint density at radius 3 is 2.47 bits per heavy atom. The fourth-order valence-corrected chi connectivity index (χ4v) is 4.68. The molecular formula is C29H28N2O5. The number of hydrogen-bond donors (Lipinski definition) is 1. The average molecular weight is 485 g/mol. The molecule has 2 amide bonds. The number of carbonyl (C=O) groups excluding carboxylic acids is 2. The molecule has 0 aromatic heterocycles. The van der Waals surface area contributed by atoms with Crippen molar-refractivity contribution in [3.8, 4) is 5.75 Å². The van der Waals surface area contributed by atoms with Gasteiger partial charge in [-0.3, -0.25) is 14.5 Å². The number of ether oxygens (including phenoxy) is 2. The summed E-state index contributed by atoms with van der Waals surface area (Å²) in [6, 6.07) is 23.9. The van der Waals surface area contributed by atoms with E-state index in [9.17, 15) is 9.59 Å². The molecule has 2 aliphatic rings. The number of imide groups is 1. The van der Waals surface area contributed by atoms with Crippen molar-refractivity contribution in [2.75, 3.05) is 13.2 Å². The van der Waals surface area contributed by atoms with Crippen molar-refractivity contribution in [3.05, 3.63) is 101 Å². The van der Waals surface area contributed by atoms with Gasteiger partial charge in [-0.05, 0) is 54.4 Å². The Hall–Kier alpha value is -3.97. The van der Waals surface area contributed by atoms with Crippen LogP contribution < -0.4 is 4.74 Å². The van der Waals surface area contributed by atoms with Crippen molar-refractivity contribution in [1.29, 1.82) is 0 Å². The second-order valence-electron chi connectivity index (χ2n) is 9.06. The highest BCUT2D eigenvalue weighted by Gasteiger charge is 2.54. The van der Waals surface area contributed by atoms with Gasteiger partial charge in [0.15, 0.2) is 5.54 Å². The van der Waals surface area contributed by atoms with Crippen molar-refractivity contribution in [1.82, 2.24) is 4.90 Å². The van der Waals surface area contributed by atoms with E-state index in [0.29, 0.717) is 36.7 Å². The van der Waals surface area contributed by atoms with Crippen molar-refractivity contribution in [2.24, 2.45) is 4.99 Å². The molecule has 0 aliphatic carbocycles. The van der Waals surface area contributed by atoms with E-state index in [1.807, 2.05) is 61.5 Å². The van der Waals surface area contributed by atoms with Gasteiger partial charge in [-0.25, -0.2) is 4.99 Å². The number of aliphatic imine (C=N–C) groups is 1. The number of aliphatic hydroxyl groups is 1. The topological polar surface area (TPSA) is 88.4 Å². The first-order valence-corrected chi connectivity index (χ1v) is 12.1. The predicted octanol–water partition coefficient (Wildman–Crippen LogP) is 3.78. The maximum Gasteiger partial charge on any atom is 0.262 e. The molecule has 0 bridgehead atoms. The van der Waals surface area contributed by atoms with Crippen molar-refractivity contribution >= 4 is 17.7 Å². The van der Waals surface area contributed by atoms with Crippen molar-refractivity contribution in [2.45, 2.75) is 38.0 Å². The Kier molecular flexibility index (Phi) is 6.57. The van der Waals surface area contributed by atoms with E-state index in [0.717, 1.165) is 16.7 Å². The minimum absolute atomic E-state index is 0.0731. The maximum atomic E-state index is 14.1. The molecule has 184 valence electrons. The molecule has 3 aromatic rings. The molecule has 0 saturated heterocycles. The normalized spacial score (nSPS) is 20.9. The fraction of sp³-hybridized carbons (Fsp3) is 0.276. The summed E-state index contributed by atoms with van der Waals surface area (Å²) in [5, 5.41) is 8.93. The zero-order valence-electron chi connectivity index (χ0n) is 20.1. The number of rotatable bonds is 6. The van der Waals surface area contributed by atoms with Gasteiger partial charge < -0.3 is 14.6 Å². The smallest absolute Gasteiger partial charge is 0.262 e. The van der Waals surface area contributed by atoms with Crippen LogP contribution in [-0.2, 0) is 22.5 Å². The first-order chi connectivity index (χ1) is 17.5. The van der Waals surface area contributed by atoms with Crippen LogP contribution >= 0.6 is 0 Å². The highest BCUT2D eigenvalue weighted by molar-refractivity contribution is 6.10. The van der Waals surface area contributed by atoms with Gasteiger partial charge in [0.2, 0.25) is 5.90 Å². The lowest BCUT2D eigenvalue weighted by Crippen LogP contribution is -2.54. The number of aliphatic hydroxyl groups excluding tert-OH is 1. The summed E-state index contributed by atoms with van der Waals surface area (Å²) in [5.41, 5.74) is 1.81. The Morgan fingerprint density at radius 1 is 1.06 bits per heavy atom. The molecule has 0 radical (unpaired) electrons. The quantitative estimate of drug-likeness (QED) is 0.425. The van der Waals surface area contributed by atoms with Crippen LogP contribution in [-0.4, -0.2) is 52.6 Å². The molecule has 1 spiro atoms. The molecule has 2 atom stereocenters. The minimum Gasteiger partial charge on any atom is -0.494 e. The molecule has 2 aliphatic heterocycles. The lowest BCUT2D eigenvalue weighted by atomic mass is 9.85. The van der Waals surface area contributed by atoms with E-state index < -0.39 is 11.6 Å². The van der Waals surface area contributed by atoms with Gasteiger partial charge in [-0.15, -0.1) is 0 Å². The van der Waals surface area contributed by atoms with E-state index in [2.05, 4.69) is 0 Å². The molecule has 0 saturated carbocycles. The van der Waals surface area contributed by atoms with Crippen LogP contribution in [0, 0.1) is 0 Å². The van der Waals surface area contributed by atoms with Crippen LogP contribution in [0.2, 0.25) is 0 Å². The molecule has 36 heavy (non-hydrogen) atoms. The number of hydrogen-bond acceptors (Lipinski definition) is 6. The summed E-state index contributed by atoms with van der Waals surface area (Å²) < 4.78 is 11.8. The largest absolute Gasteiger partial charge is 0.494 e. The summed E-state index contributed by atoms with van der Waals surface area (Å²) >= 11 is 0. The zero-order valence-corrected chi connectivity index (χ0v) is 20.1. The molecule has 1 N–H and O–H groups in total. The van der Waals surface area contributed by atoms with Crippen LogP contribution in [0.5, 0.6) is 5.75 Å². The highest BCUT2D eigenvalue weighted by atomic mass is 16.5. The Balaban J connectivity index is 1.51. The Labute approximate surface area is 210 Å². The molecular weight excluding hydrogens is 456 g/mol. The van der Waals surface area contributed by atoms with Crippen LogP contribution in [0.25, 0.3) is 0 Å². The van der Waals surface area contributed by atoms with Gasteiger partial charge >= 0.3 is 0 Å². The third kappa shape index (κ3) is 4.38. The van der Waals surface area contributed by atoms with Crippen LogP contribution in [0.1, 0.15) is 40.4 Å². The summed E-state index contributed by atoms with van der Waals surface area (Å²) in [4.78, 5) is 33.8. The summed E-state index contributed by atoms with van der Waals surface area (Å²) in [6.07, 6.45) is 0.324. The molecule has 0 unspecified atom stereocenters. The second kappa shape index (κ2) is 9.95. The molecule has 7 heteroatoms. The maximum absolute atomic E-state index is 14.1. The number of benzene rings is 3. The lowest BCUT2D eigenvalue weighted by Gasteiger charge is -2.30. The van der Waals surface area contributed by atoms with Gasteiger partial charge in [0, 0.05) is 30.6 Å². The summed E-state index contributed by atoms with van der Waals surface area (Å²) in [6.45, 7) is 2.51. The second-order valence-corrected chi connectivity index (χ2v) is 9.06. The number of amides is 2. The monoisotopic (exact) mass is 484 g/mol. The van der Waals surface area contributed by atoms with Crippen LogP contribution in [0.4, 0.5) is 0 Å². The average Bonchev–Trinajstić information content (AvgIpc) is 3.18. The zero-order chi connectivity index (χ0) is 25.1. The molecule has 3 aromatic carbocycles. The molecule has 5 rings (SSSR count). The third-order valence-electron chi connectivity index (χ3n) is 6.72. The lowest BCUT2D eigenvalue weighted by molar-refractivity contribution is -0.136. The molecule has 2 heterocycles. The number of nitrogens with zero attached hydrogens (tertiary/aromatic N) is 2. The van der Waals surface area contributed by atoms with E-state index in [1.54, 1.807) is 24.3 Å². The standard InChI is InChI=1S/C29H28N2O5/c1-20-29(30-26(36-20)21-12-14-25(15-13-21)35-17-7-16-32)18-23-10-5-6-11-24(23)19-31(28(29)34)27(33)22-8-3-2-4-9-22/h2-6,8-15,20,32H,7,16-19H2,1H3/t20-,29-/m1/s1. The van der Waals surface area contributed by atoms with Crippen LogP contribution in [0.15, 0.2) is 83.9 Å². The Bertz CT molecular complexity index is 1290. The highest BCUT2D eigenvalue weighted by Crippen LogP contribution is 2.38. The van der Waals surface area contributed by atoms with Crippen molar-refractivity contribution in [3.63, 3.8) is 0 Å². The fourth-order valence-electron chi connectivity index (χ4n) is 4.68. The van der Waals surface area contributed by atoms with Gasteiger partial charge in [0.05, 0.1) is 13.2 Å². The van der Waals surface area contributed by atoms with E-state index >= 15 is 0 Å². The first kappa shape index (κ1) is 23.8. The SMILES string of the molecule is C[C@H]1OC(c2ccc(OCCCO)cc2)=N[C@]12Cc1ccccc1CN(C(=O)c1ccccc1)C2=O. The predicted molar refractivity (Wildman–Crippen MR) is 135 cm³/mol. The van der Waals surface area contributed by atoms with E-state index in [-0.39, 0.29) is 25.0 Å². The van der Waals surface area contributed by atoms with Gasteiger partial charge in [-0.1, -0.05) is 42.5 Å². The Morgan fingerprint density at radius 2 is 1.75 bits per heavy atom. The number of carbonyl (C=O) groups is 2. The van der Waals surface area contributed by atoms with Crippen molar-refractivity contribution < 1.29 is 24.2 Å². The van der Waals surface area contributed by atoms with E-state index in [1.165, 1.54) is 4.90 Å². The first-order valence-electron chi connectivity index (χ1n) is 12.1. The minimum atomic E-state index is -1.26. The molecule has 0 fully saturated rings. The third-order valence-corrected chi connectivity index (χ3v) is 6.72. The summed E-state index contributed by atoms with van der Waals surface area (Å²) in [7, 11) is 0. The molecule has 7 nitrogen and oxygen atoms in total.